The summed E-state index contributed by atoms with van der Waals surface area (Å²) in [6.45, 7) is 6.10. The van der Waals surface area contributed by atoms with Gasteiger partial charge in [-0.15, -0.1) is 0 Å². The molecule has 0 aromatic heterocycles. The standard InChI is InChI=1S/C13H18F3N/c1-9(2)17(4)10(3)11-5-7-12(8-6-11)13(14,15)16/h5-10H,1-4H3/t10-/m1/s1. The first-order valence-corrected chi connectivity index (χ1v) is 5.62. The van der Waals surface area contributed by atoms with Gasteiger partial charge in [0.05, 0.1) is 5.56 Å². The van der Waals surface area contributed by atoms with E-state index in [0.29, 0.717) is 6.04 Å². The highest BCUT2D eigenvalue weighted by Gasteiger charge is 2.30. The van der Waals surface area contributed by atoms with Gasteiger partial charge in [0.15, 0.2) is 0 Å². The lowest BCUT2D eigenvalue weighted by Crippen LogP contribution is -2.29. The third-order valence-corrected chi connectivity index (χ3v) is 3.15. The van der Waals surface area contributed by atoms with Crippen molar-refractivity contribution < 1.29 is 13.2 Å². The Morgan fingerprint density at radius 3 is 1.82 bits per heavy atom. The molecule has 0 bridgehead atoms. The lowest BCUT2D eigenvalue weighted by Gasteiger charge is -2.28. The van der Waals surface area contributed by atoms with E-state index in [0.717, 1.165) is 17.7 Å². The topological polar surface area (TPSA) is 3.24 Å². The Morgan fingerprint density at radius 2 is 1.47 bits per heavy atom. The fourth-order valence-corrected chi connectivity index (χ4v) is 1.63. The summed E-state index contributed by atoms with van der Waals surface area (Å²) in [6, 6.07) is 5.84. The van der Waals surface area contributed by atoms with Gasteiger partial charge in [-0.25, -0.2) is 0 Å². The average molecular weight is 245 g/mol. The van der Waals surface area contributed by atoms with E-state index in [9.17, 15) is 13.2 Å². The van der Waals surface area contributed by atoms with Gasteiger partial charge in [-0.1, -0.05) is 12.1 Å². The molecule has 0 N–H and O–H groups in total. The van der Waals surface area contributed by atoms with Crippen molar-refractivity contribution in [1.29, 1.82) is 0 Å². The van der Waals surface area contributed by atoms with E-state index in [1.807, 2.05) is 14.0 Å². The molecule has 0 saturated heterocycles. The Kier molecular flexibility index (Phi) is 4.20. The first-order chi connectivity index (χ1) is 7.73. The fraction of sp³-hybridized carbons (Fsp3) is 0.538. The van der Waals surface area contributed by atoms with Crippen LogP contribution < -0.4 is 0 Å². The average Bonchev–Trinajstić information content (AvgIpc) is 2.26. The summed E-state index contributed by atoms with van der Waals surface area (Å²) in [5.74, 6) is 0. The second-order valence-corrected chi connectivity index (χ2v) is 4.55. The van der Waals surface area contributed by atoms with Crippen LogP contribution in [0.15, 0.2) is 24.3 Å². The number of alkyl halides is 3. The molecule has 1 aromatic rings. The highest BCUT2D eigenvalue weighted by atomic mass is 19.4. The van der Waals surface area contributed by atoms with Gasteiger partial charge >= 0.3 is 6.18 Å². The molecule has 0 fully saturated rings. The predicted molar refractivity (Wildman–Crippen MR) is 62.8 cm³/mol. The molecule has 0 aliphatic carbocycles. The van der Waals surface area contributed by atoms with Crippen molar-refractivity contribution in [3.63, 3.8) is 0 Å². The van der Waals surface area contributed by atoms with Crippen molar-refractivity contribution in [3.8, 4) is 0 Å². The minimum Gasteiger partial charge on any atom is -0.297 e. The molecular weight excluding hydrogens is 227 g/mol. The van der Waals surface area contributed by atoms with Crippen molar-refractivity contribution in [1.82, 2.24) is 4.90 Å². The minimum atomic E-state index is -4.26. The van der Waals surface area contributed by atoms with Gasteiger partial charge in [0.2, 0.25) is 0 Å². The molecule has 1 atom stereocenters. The summed E-state index contributed by atoms with van der Waals surface area (Å²) in [5.41, 5.74) is 0.301. The molecule has 96 valence electrons. The lowest BCUT2D eigenvalue weighted by atomic mass is 10.0. The quantitative estimate of drug-likeness (QED) is 0.774. The number of rotatable bonds is 3. The van der Waals surface area contributed by atoms with E-state index in [1.165, 1.54) is 0 Å². The normalized spacial score (nSPS) is 14.4. The van der Waals surface area contributed by atoms with E-state index < -0.39 is 11.7 Å². The Bertz CT molecular complexity index is 354. The van der Waals surface area contributed by atoms with Crippen LogP contribution in [-0.2, 0) is 6.18 Å². The van der Waals surface area contributed by atoms with Gasteiger partial charge in [0.25, 0.3) is 0 Å². The molecule has 0 amide bonds. The largest absolute Gasteiger partial charge is 0.416 e. The maximum absolute atomic E-state index is 12.4. The zero-order chi connectivity index (χ0) is 13.2. The maximum Gasteiger partial charge on any atom is 0.416 e. The van der Waals surface area contributed by atoms with Crippen LogP contribution in [0.5, 0.6) is 0 Å². The molecule has 0 heterocycles. The zero-order valence-corrected chi connectivity index (χ0v) is 10.5. The third-order valence-electron chi connectivity index (χ3n) is 3.15. The van der Waals surface area contributed by atoms with E-state index in [2.05, 4.69) is 18.7 Å². The highest BCUT2D eigenvalue weighted by Crippen LogP contribution is 2.30. The van der Waals surface area contributed by atoms with E-state index in [1.54, 1.807) is 12.1 Å². The van der Waals surface area contributed by atoms with Crippen LogP contribution in [0.2, 0.25) is 0 Å². The van der Waals surface area contributed by atoms with Crippen LogP contribution >= 0.6 is 0 Å². The molecule has 1 aromatic carbocycles. The van der Waals surface area contributed by atoms with Crippen molar-refractivity contribution in [2.24, 2.45) is 0 Å². The third kappa shape index (κ3) is 3.46. The number of hydrogen-bond acceptors (Lipinski definition) is 1. The Labute approximate surface area is 100 Å². The smallest absolute Gasteiger partial charge is 0.297 e. The van der Waals surface area contributed by atoms with Gasteiger partial charge in [-0.05, 0) is 45.5 Å². The van der Waals surface area contributed by atoms with Gasteiger partial charge in [0.1, 0.15) is 0 Å². The lowest BCUT2D eigenvalue weighted by molar-refractivity contribution is -0.137. The van der Waals surface area contributed by atoms with Crippen LogP contribution in [0.4, 0.5) is 13.2 Å². The monoisotopic (exact) mass is 245 g/mol. The SMILES string of the molecule is CC(C)N(C)[C@H](C)c1ccc(C(F)(F)F)cc1. The van der Waals surface area contributed by atoms with Crippen molar-refractivity contribution in [3.05, 3.63) is 35.4 Å². The van der Waals surface area contributed by atoms with Crippen molar-refractivity contribution >= 4 is 0 Å². The summed E-state index contributed by atoms with van der Waals surface area (Å²) in [6.07, 6.45) is -4.26. The molecule has 0 aliphatic rings. The van der Waals surface area contributed by atoms with E-state index in [4.69, 9.17) is 0 Å². The summed E-state index contributed by atoms with van der Waals surface area (Å²) < 4.78 is 37.2. The molecule has 0 aliphatic heterocycles. The summed E-state index contributed by atoms with van der Waals surface area (Å²) >= 11 is 0. The van der Waals surface area contributed by atoms with Crippen LogP contribution in [0, 0.1) is 0 Å². The van der Waals surface area contributed by atoms with Crippen LogP contribution in [-0.4, -0.2) is 18.0 Å². The molecule has 0 saturated carbocycles. The van der Waals surface area contributed by atoms with Gasteiger partial charge in [0, 0.05) is 12.1 Å². The highest BCUT2D eigenvalue weighted by molar-refractivity contribution is 5.26. The van der Waals surface area contributed by atoms with Crippen LogP contribution in [0.3, 0.4) is 0 Å². The molecule has 0 spiro atoms. The van der Waals surface area contributed by atoms with Gasteiger partial charge < -0.3 is 0 Å². The second-order valence-electron chi connectivity index (χ2n) is 4.55. The summed E-state index contributed by atoms with van der Waals surface area (Å²) in [4.78, 5) is 2.11. The molecule has 1 nitrogen and oxygen atoms in total. The number of nitrogens with zero attached hydrogens (tertiary/aromatic N) is 1. The Balaban J connectivity index is 2.88. The van der Waals surface area contributed by atoms with Gasteiger partial charge in [-0.3, -0.25) is 4.90 Å². The second kappa shape index (κ2) is 5.08. The van der Waals surface area contributed by atoms with Gasteiger partial charge in [-0.2, -0.15) is 13.2 Å². The summed E-state index contributed by atoms with van der Waals surface area (Å²) in [5, 5.41) is 0. The van der Waals surface area contributed by atoms with Crippen LogP contribution in [0.1, 0.15) is 37.9 Å². The van der Waals surface area contributed by atoms with E-state index >= 15 is 0 Å². The number of benzene rings is 1. The molecular formula is C13H18F3N. The zero-order valence-electron chi connectivity index (χ0n) is 10.5. The molecule has 4 heteroatoms. The first kappa shape index (κ1) is 14.0. The fourth-order valence-electron chi connectivity index (χ4n) is 1.63. The van der Waals surface area contributed by atoms with Crippen molar-refractivity contribution in [2.75, 3.05) is 7.05 Å². The van der Waals surface area contributed by atoms with E-state index in [-0.39, 0.29) is 6.04 Å². The minimum absolute atomic E-state index is 0.109. The molecule has 0 radical (unpaired) electrons. The van der Waals surface area contributed by atoms with Crippen LogP contribution in [0.25, 0.3) is 0 Å². The Hall–Kier alpha value is -1.03. The molecule has 1 rings (SSSR count). The first-order valence-electron chi connectivity index (χ1n) is 5.62. The maximum atomic E-state index is 12.4. The predicted octanol–water partition coefficient (Wildman–Crippen LogP) is 4.11. The number of hydrogen-bond donors (Lipinski definition) is 0. The molecule has 0 unspecified atom stereocenters. The van der Waals surface area contributed by atoms with Crippen molar-refractivity contribution in [2.45, 2.75) is 39.0 Å². The number of halogens is 3. The summed E-state index contributed by atoms with van der Waals surface area (Å²) in [7, 11) is 1.97. The Morgan fingerprint density at radius 1 is 1.00 bits per heavy atom. The molecule has 17 heavy (non-hydrogen) atoms.